The first-order chi connectivity index (χ1) is 12.5. The summed E-state index contributed by atoms with van der Waals surface area (Å²) in [5.74, 6) is 0. The smallest absolute Gasteiger partial charge is 0.111 e. The molecule has 1 N–H and O–H groups in total. The molecule has 138 valence electrons. The Labute approximate surface area is 160 Å². The van der Waals surface area contributed by atoms with Crippen LogP contribution in [0.2, 0.25) is 5.02 Å². The van der Waals surface area contributed by atoms with Gasteiger partial charge in [0.05, 0.1) is 0 Å². The molecule has 0 amide bonds. The number of fused-ring (bicyclic) bond motifs is 3. The number of dihydropyridines is 1. The quantitative estimate of drug-likeness (QED) is 0.889. The van der Waals surface area contributed by atoms with Crippen molar-refractivity contribution >= 4 is 22.5 Å². The van der Waals surface area contributed by atoms with E-state index in [9.17, 15) is 0 Å². The fourth-order valence-corrected chi connectivity index (χ4v) is 4.43. The molecule has 3 heterocycles. The van der Waals surface area contributed by atoms with Gasteiger partial charge in [-0.2, -0.15) is 0 Å². The minimum Gasteiger partial charge on any atom is -0.370 e. The maximum Gasteiger partial charge on any atom is 0.111 e. The number of nitrogens with one attached hydrogen (secondary N) is 1. The summed E-state index contributed by atoms with van der Waals surface area (Å²) in [7, 11) is 6.46. The highest BCUT2D eigenvalue weighted by atomic mass is 35.5. The summed E-state index contributed by atoms with van der Waals surface area (Å²) in [6.45, 7) is 3.08. The van der Waals surface area contributed by atoms with Crippen LogP contribution in [-0.2, 0) is 19.5 Å². The first kappa shape index (κ1) is 17.7. The van der Waals surface area contributed by atoms with Gasteiger partial charge in [0, 0.05) is 54.1 Å². The van der Waals surface area contributed by atoms with E-state index in [-0.39, 0.29) is 5.66 Å². The fourth-order valence-electron chi connectivity index (χ4n) is 4.26. The Kier molecular flexibility index (Phi) is 4.59. The van der Waals surface area contributed by atoms with Gasteiger partial charge in [0.15, 0.2) is 0 Å². The van der Waals surface area contributed by atoms with Gasteiger partial charge in [0.25, 0.3) is 0 Å². The van der Waals surface area contributed by atoms with E-state index in [1.54, 1.807) is 0 Å². The van der Waals surface area contributed by atoms with Crippen LogP contribution < -0.4 is 5.32 Å². The lowest BCUT2D eigenvalue weighted by Gasteiger charge is -2.39. The molecule has 1 aromatic carbocycles. The average Bonchev–Trinajstić information content (AvgIpc) is 2.93. The summed E-state index contributed by atoms with van der Waals surface area (Å²) in [6.07, 6.45) is 10.6. The van der Waals surface area contributed by atoms with Crippen LogP contribution >= 0.6 is 11.6 Å². The summed E-state index contributed by atoms with van der Waals surface area (Å²) in [6, 6.07) is 6.33. The van der Waals surface area contributed by atoms with E-state index >= 15 is 0 Å². The van der Waals surface area contributed by atoms with E-state index in [1.807, 2.05) is 18.3 Å². The number of nitrogens with zero attached hydrogens (tertiary/aromatic N) is 3. The van der Waals surface area contributed by atoms with E-state index in [1.165, 1.54) is 22.2 Å². The van der Waals surface area contributed by atoms with Crippen LogP contribution in [0.4, 0.5) is 0 Å². The number of aryl methyl sites for hydroxylation is 1. The Bertz CT molecular complexity index is 880. The third-order valence-corrected chi connectivity index (χ3v) is 6.07. The topological polar surface area (TPSA) is 23.4 Å². The molecule has 26 heavy (non-hydrogen) atoms. The van der Waals surface area contributed by atoms with Gasteiger partial charge in [0.2, 0.25) is 0 Å². The standard InChI is InChI=1S/C21H27ClN4/c1-24(2)21(9-4-5-11-23-21)10-13-26-19-7-6-16(22)14-17(19)18-15-25(3)12-8-20(18)26/h4-7,9,11,14,23H,8,10,12-13,15H2,1-3H3. The minimum absolute atomic E-state index is 0.143. The molecule has 0 saturated carbocycles. The van der Waals surface area contributed by atoms with Gasteiger partial charge in [-0.25, -0.2) is 0 Å². The van der Waals surface area contributed by atoms with Crippen molar-refractivity contribution in [1.82, 2.24) is 19.7 Å². The molecule has 2 aliphatic rings. The van der Waals surface area contributed by atoms with E-state index in [0.29, 0.717) is 0 Å². The molecule has 1 unspecified atom stereocenters. The second-order valence-electron chi connectivity index (χ2n) is 7.66. The molecule has 4 nitrogen and oxygen atoms in total. The summed E-state index contributed by atoms with van der Waals surface area (Å²) >= 11 is 6.31. The third kappa shape index (κ3) is 2.96. The molecule has 1 atom stereocenters. The monoisotopic (exact) mass is 370 g/mol. The highest BCUT2D eigenvalue weighted by molar-refractivity contribution is 6.31. The van der Waals surface area contributed by atoms with E-state index in [4.69, 9.17) is 11.6 Å². The first-order valence-electron chi connectivity index (χ1n) is 9.28. The summed E-state index contributed by atoms with van der Waals surface area (Å²) in [4.78, 5) is 4.65. The van der Waals surface area contributed by atoms with Gasteiger partial charge in [-0.3, -0.25) is 4.90 Å². The molecule has 0 bridgehead atoms. The maximum absolute atomic E-state index is 6.31. The zero-order valence-corrected chi connectivity index (χ0v) is 16.6. The maximum atomic E-state index is 6.31. The molecule has 2 aliphatic heterocycles. The second kappa shape index (κ2) is 6.76. The van der Waals surface area contributed by atoms with Gasteiger partial charge < -0.3 is 14.8 Å². The van der Waals surface area contributed by atoms with Crippen molar-refractivity contribution in [2.45, 2.75) is 31.6 Å². The van der Waals surface area contributed by atoms with Crippen molar-refractivity contribution in [1.29, 1.82) is 0 Å². The molecular weight excluding hydrogens is 344 g/mol. The largest absolute Gasteiger partial charge is 0.370 e. The van der Waals surface area contributed by atoms with Gasteiger partial charge >= 0.3 is 0 Å². The van der Waals surface area contributed by atoms with Crippen molar-refractivity contribution in [3.8, 4) is 0 Å². The van der Waals surface area contributed by atoms with E-state index < -0.39 is 0 Å². The van der Waals surface area contributed by atoms with Gasteiger partial charge in [-0.1, -0.05) is 17.7 Å². The zero-order valence-electron chi connectivity index (χ0n) is 15.8. The molecule has 0 radical (unpaired) electrons. The van der Waals surface area contributed by atoms with Crippen LogP contribution in [0, 0.1) is 0 Å². The number of allylic oxidation sites excluding steroid dienone is 2. The molecule has 5 heteroatoms. The fraction of sp³-hybridized carbons (Fsp3) is 0.429. The molecule has 2 aromatic rings. The van der Waals surface area contributed by atoms with Crippen molar-refractivity contribution in [3.63, 3.8) is 0 Å². The number of rotatable bonds is 4. The summed E-state index contributed by atoms with van der Waals surface area (Å²) < 4.78 is 2.52. The number of hydrogen-bond donors (Lipinski definition) is 1. The van der Waals surface area contributed by atoms with Crippen molar-refractivity contribution in [2.24, 2.45) is 0 Å². The Hall–Kier alpha value is -1.75. The average molecular weight is 371 g/mol. The molecule has 0 fully saturated rings. The van der Waals surface area contributed by atoms with Crippen LogP contribution in [-0.4, -0.2) is 47.7 Å². The SMILES string of the molecule is CN1CCc2c(c3cc(Cl)ccc3n2CCC2(N(C)C)C=CC=CN2)C1. The van der Waals surface area contributed by atoms with Gasteiger partial charge in [-0.05, 0) is 63.3 Å². The lowest BCUT2D eigenvalue weighted by Crippen LogP contribution is -2.53. The van der Waals surface area contributed by atoms with Crippen LogP contribution in [0.25, 0.3) is 10.9 Å². The molecule has 4 rings (SSSR count). The van der Waals surface area contributed by atoms with Gasteiger partial charge in [-0.15, -0.1) is 0 Å². The number of aromatic nitrogens is 1. The molecule has 0 aliphatic carbocycles. The second-order valence-corrected chi connectivity index (χ2v) is 8.09. The molecule has 0 saturated heterocycles. The number of likely N-dealkylation sites (N-methyl/N-ethyl adjacent to an activating group) is 2. The molecule has 0 spiro atoms. The van der Waals surface area contributed by atoms with Crippen molar-refractivity contribution in [3.05, 3.63) is 58.9 Å². The van der Waals surface area contributed by atoms with Crippen molar-refractivity contribution in [2.75, 3.05) is 27.7 Å². The molecule has 1 aromatic heterocycles. The number of halogens is 1. The summed E-state index contributed by atoms with van der Waals surface area (Å²) in [5.41, 5.74) is 4.08. The van der Waals surface area contributed by atoms with Crippen LogP contribution in [0.1, 0.15) is 17.7 Å². The Balaban J connectivity index is 1.73. The lowest BCUT2D eigenvalue weighted by molar-refractivity contribution is 0.159. The van der Waals surface area contributed by atoms with E-state index in [2.05, 4.69) is 65.1 Å². The van der Waals surface area contributed by atoms with Crippen LogP contribution in [0.15, 0.2) is 42.6 Å². The predicted molar refractivity (Wildman–Crippen MR) is 109 cm³/mol. The zero-order chi connectivity index (χ0) is 18.3. The third-order valence-electron chi connectivity index (χ3n) is 5.83. The summed E-state index contributed by atoms with van der Waals surface area (Å²) in [5, 5.41) is 5.68. The highest BCUT2D eigenvalue weighted by Gasteiger charge is 2.30. The number of benzene rings is 1. The highest BCUT2D eigenvalue weighted by Crippen LogP contribution is 2.33. The predicted octanol–water partition coefficient (Wildman–Crippen LogP) is 3.60. The Morgan fingerprint density at radius 2 is 2.12 bits per heavy atom. The minimum atomic E-state index is -0.143. The normalized spacial score (nSPS) is 22.8. The van der Waals surface area contributed by atoms with Crippen LogP contribution in [0.5, 0.6) is 0 Å². The van der Waals surface area contributed by atoms with Crippen LogP contribution in [0.3, 0.4) is 0 Å². The number of hydrogen-bond acceptors (Lipinski definition) is 3. The lowest BCUT2D eigenvalue weighted by atomic mass is 10.0. The van der Waals surface area contributed by atoms with Crippen molar-refractivity contribution < 1.29 is 0 Å². The Morgan fingerprint density at radius 1 is 1.27 bits per heavy atom. The van der Waals surface area contributed by atoms with Gasteiger partial charge in [0.1, 0.15) is 5.66 Å². The molecular formula is C21H27ClN4. The first-order valence-corrected chi connectivity index (χ1v) is 9.65. The Morgan fingerprint density at radius 3 is 2.85 bits per heavy atom. The van der Waals surface area contributed by atoms with E-state index in [0.717, 1.165) is 37.5 Å².